The van der Waals surface area contributed by atoms with Crippen LogP contribution in [0.4, 0.5) is 0 Å². The van der Waals surface area contributed by atoms with Crippen molar-refractivity contribution in [2.75, 3.05) is 13.1 Å². The van der Waals surface area contributed by atoms with Crippen LogP contribution in [0.2, 0.25) is 0 Å². The van der Waals surface area contributed by atoms with E-state index in [4.69, 9.17) is 5.73 Å². The van der Waals surface area contributed by atoms with Crippen molar-refractivity contribution in [3.8, 4) is 0 Å². The Balaban J connectivity index is 1.95. The number of pyridine rings is 1. The molecule has 0 atom stereocenters. The molecule has 0 spiro atoms. The van der Waals surface area contributed by atoms with Crippen LogP contribution >= 0.6 is 0 Å². The van der Waals surface area contributed by atoms with Gasteiger partial charge in [-0.05, 0) is 43.9 Å². The van der Waals surface area contributed by atoms with Crippen molar-refractivity contribution in [2.24, 2.45) is 11.1 Å². The number of hydrogen-bond donors (Lipinski definition) is 2. The molecule has 0 bridgehead atoms. The van der Waals surface area contributed by atoms with E-state index in [1.165, 1.54) is 19.3 Å². The molecule has 3 N–H and O–H groups in total. The molecule has 4 nitrogen and oxygen atoms in total. The molecule has 1 aliphatic rings. The third-order valence-corrected chi connectivity index (χ3v) is 4.09. The number of hydrogen-bond acceptors (Lipinski definition) is 3. The van der Waals surface area contributed by atoms with Crippen LogP contribution in [0.5, 0.6) is 0 Å². The second-order valence-electron chi connectivity index (χ2n) is 5.61. The molecule has 0 radical (unpaired) electrons. The van der Waals surface area contributed by atoms with Crippen molar-refractivity contribution in [2.45, 2.75) is 39.0 Å². The molecule has 1 amide bonds. The summed E-state index contributed by atoms with van der Waals surface area (Å²) in [6.07, 6.45) is 5.96. The zero-order chi connectivity index (χ0) is 13.7. The van der Waals surface area contributed by atoms with Gasteiger partial charge in [0.1, 0.15) is 5.69 Å². The molecule has 1 saturated carbocycles. The lowest BCUT2D eigenvalue weighted by atomic mass is 9.74. The predicted molar refractivity (Wildman–Crippen MR) is 75.9 cm³/mol. The van der Waals surface area contributed by atoms with Gasteiger partial charge in [0.2, 0.25) is 0 Å². The fraction of sp³-hybridized carbons (Fsp3) is 0.600. The average Bonchev–Trinajstić information content (AvgIpc) is 2.46. The first kappa shape index (κ1) is 14.0. The molecule has 2 rings (SSSR count). The SMILES string of the molecule is Cc1cccc(C(=O)NCC2(CN)CCCCC2)n1. The minimum absolute atomic E-state index is 0.0950. The standard InChI is InChI=1S/C15H23N3O/c1-12-6-5-7-13(18-12)14(19)17-11-15(10-16)8-3-2-4-9-15/h5-7H,2-4,8-11,16H2,1H3,(H,17,19). The van der Waals surface area contributed by atoms with Crippen LogP contribution in [0.15, 0.2) is 18.2 Å². The maximum atomic E-state index is 12.1. The Hall–Kier alpha value is -1.42. The lowest BCUT2D eigenvalue weighted by Crippen LogP contribution is -2.43. The van der Waals surface area contributed by atoms with Crippen molar-refractivity contribution in [3.63, 3.8) is 0 Å². The molecule has 4 heteroatoms. The van der Waals surface area contributed by atoms with Gasteiger partial charge in [-0.1, -0.05) is 25.3 Å². The summed E-state index contributed by atoms with van der Waals surface area (Å²) in [5.41, 5.74) is 7.36. The van der Waals surface area contributed by atoms with E-state index >= 15 is 0 Å². The van der Waals surface area contributed by atoms with Gasteiger partial charge in [-0.2, -0.15) is 0 Å². The first-order valence-corrected chi connectivity index (χ1v) is 7.07. The van der Waals surface area contributed by atoms with Gasteiger partial charge in [-0.3, -0.25) is 4.79 Å². The van der Waals surface area contributed by atoms with E-state index < -0.39 is 0 Å². The summed E-state index contributed by atoms with van der Waals surface area (Å²) in [6, 6.07) is 5.49. The molecule has 1 aliphatic carbocycles. The Morgan fingerprint density at radius 3 is 2.74 bits per heavy atom. The van der Waals surface area contributed by atoms with Gasteiger partial charge in [0.05, 0.1) is 0 Å². The summed E-state index contributed by atoms with van der Waals surface area (Å²) in [5.74, 6) is -0.0953. The Kier molecular flexibility index (Phi) is 4.53. The number of aryl methyl sites for hydroxylation is 1. The average molecular weight is 261 g/mol. The number of carbonyl (C=O) groups is 1. The second-order valence-corrected chi connectivity index (χ2v) is 5.61. The van der Waals surface area contributed by atoms with E-state index in [1.807, 2.05) is 19.1 Å². The summed E-state index contributed by atoms with van der Waals surface area (Å²) in [4.78, 5) is 16.3. The molecular weight excluding hydrogens is 238 g/mol. The fourth-order valence-electron chi connectivity index (χ4n) is 2.78. The normalized spacial score (nSPS) is 18.0. The lowest BCUT2D eigenvalue weighted by molar-refractivity contribution is 0.0909. The molecule has 1 heterocycles. The number of amides is 1. The van der Waals surface area contributed by atoms with E-state index in [2.05, 4.69) is 10.3 Å². The van der Waals surface area contributed by atoms with E-state index in [1.54, 1.807) is 6.07 Å². The third kappa shape index (κ3) is 3.53. The van der Waals surface area contributed by atoms with Crippen molar-refractivity contribution in [1.82, 2.24) is 10.3 Å². The van der Waals surface area contributed by atoms with Crippen LogP contribution in [-0.2, 0) is 0 Å². The molecule has 1 aromatic heterocycles. The van der Waals surface area contributed by atoms with E-state index in [-0.39, 0.29) is 11.3 Å². The second kappa shape index (κ2) is 6.15. The fourth-order valence-corrected chi connectivity index (χ4v) is 2.78. The Morgan fingerprint density at radius 2 is 2.11 bits per heavy atom. The first-order chi connectivity index (χ1) is 9.15. The zero-order valence-electron chi connectivity index (χ0n) is 11.6. The van der Waals surface area contributed by atoms with Gasteiger partial charge in [0.25, 0.3) is 5.91 Å². The van der Waals surface area contributed by atoms with Crippen LogP contribution in [0.25, 0.3) is 0 Å². The van der Waals surface area contributed by atoms with Gasteiger partial charge in [0.15, 0.2) is 0 Å². The number of carbonyl (C=O) groups excluding carboxylic acids is 1. The molecule has 0 unspecified atom stereocenters. The largest absolute Gasteiger partial charge is 0.350 e. The van der Waals surface area contributed by atoms with Crippen LogP contribution in [-0.4, -0.2) is 24.0 Å². The lowest BCUT2D eigenvalue weighted by Gasteiger charge is -2.36. The van der Waals surface area contributed by atoms with Crippen molar-refractivity contribution < 1.29 is 4.79 Å². The molecule has 104 valence electrons. The highest BCUT2D eigenvalue weighted by atomic mass is 16.1. The quantitative estimate of drug-likeness (QED) is 0.871. The van der Waals surface area contributed by atoms with Gasteiger partial charge in [-0.15, -0.1) is 0 Å². The maximum Gasteiger partial charge on any atom is 0.269 e. The molecule has 1 aromatic rings. The highest BCUT2D eigenvalue weighted by Gasteiger charge is 2.31. The molecule has 0 aromatic carbocycles. The van der Waals surface area contributed by atoms with E-state index in [0.717, 1.165) is 18.5 Å². The van der Waals surface area contributed by atoms with Crippen LogP contribution in [0.3, 0.4) is 0 Å². The topological polar surface area (TPSA) is 68.0 Å². The summed E-state index contributed by atoms with van der Waals surface area (Å²) in [7, 11) is 0. The zero-order valence-corrected chi connectivity index (χ0v) is 11.6. The van der Waals surface area contributed by atoms with Crippen molar-refractivity contribution >= 4 is 5.91 Å². The third-order valence-electron chi connectivity index (χ3n) is 4.09. The Morgan fingerprint density at radius 1 is 1.37 bits per heavy atom. The van der Waals surface area contributed by atoms with Crippen molar-refractivity contribution in [3.05, 3.63) is 29.6 Å². The number of nitrogens with two attached hydrogens (primary N) is 1. The Bertz CT molecular complexity index is 439. The van der Waals surface area contributed by atoms with E-state index in [0.29, 0.717) is 18.8 Å². The van der Waals surface area contributed by atoms with Crippen LogP contribution in [0.1, 0.15) is 48.3 Å². The summed E-state index contributed by atoms with van der Waals surface area (Å²) >= 11 is 0. The highest BCUT2D eigenvalue weighted by Crippen LogP contribution is 2.34. The number of rotatable bonds is 4. The van der Waals surface area contributed by atoms with Gasteiger partial charge < -0.3 is 11.1 Å². The highest BCUT2D eigenvalue weighted by molar-refractivity contribution is 5.92. The number of aromatic nitrogens is 1. The minimum Gasteiger partial charge on any atom is -0.350 e. The molecule has 0 aliphatic heterocycles. The minimum atomic E-state index is -0.0953. The van der Waals surface area contributed by atoms with Gasteiger partial charge in [0, 0.05) is 12.2 Å². The summed E-state index contributed by atoms with van der Waals surface area (Å²) < 4.78 is 0. The maximum absolute atomic E-state index is 12.1. The summed E-state index contributed by atoms with van der Waals surface area (Å²) in [6.45, 7) is 3.20. The molecule has 0 saturated heterocycles. The number of nitrogens with zero attached hydrogens (tertiary/aromatic N) is 1. The monoisotopic (exact) mass is 261 g/mol. The Labute approximate surface area is 114 Å². The molecule has 1 fully saturated rings. The predicted octanol–water partition coefficient (Wildman–Crippen LogP) is 2.03. The smallest absolute Gasteiger partial charge is 0.269 e. The van der Waals surface area contributed by atoms with Gasteiger partial charge in [-0.25, -0.2) is 4.98 Å². The summed E-state index contributed by atoms with van der Waals surface area (Å²) in [5, 5.41) is 3.01. The molecular formula is C15H23N3O. The number of nitrogens with one attached hydrogen (secondary N) is 1. The first-order valence-electron chi connectivity index (χ1n) is 7.07. The van der Waals surface area contributed by atoms with Crippen molar-refractivity contribution in [1.29, 1.82) is 0 Å². The molecule has 19 heavy (non-hydrogen) atoms. The van der Waals surface area contributed by atoms with E-state index in [9.17, 15) is 4.79 Å². The van der Waals surface area contributed by atoms with Gasteiger partial charge >= 0.3 is 0 Å². The van der Waals surface area contributed by atoms with Crippen LogP contribution < -0.4 is 11.1 Å². The van der Waals surface area contributed by atoms with Crippen LogP contribution in [0, 0.1) is 12.3 Å².